The molecule has 7 heteroatoms. The molecule has 0 aliphatic heterocycles. The van der Waals surface area contributed by atoms with Crippen molar-refractivity contribution < 1.29 is 19.6 Å². The molecule has 0 aromatic carbocycles. The molecule has 1 aromatic rings. The zero-order chi connectivity index (χ0) is 12.5. The molecule has 0 atom stereocenters. The van der Waals surface area contributed by atoms with Gasteiger partial charge in [0.05, 0.1) is 11.3 Å². The summed E-state index contributed by atoms with van der Waals surface area (Å²) >= 11 is 0. The number of hydrogen-bond acceptors (Lipinski definition) is 5. The van der Waals surface area contributed by atoms with E-state index in [9.17, 15) is 4.79 Å². The van der Waals surface area contributed by atoms with Gasteiger partial charge in [0, 0.05) is 0 Å². The van der Waals surface area contributed by atoms with Gasteiger partial charge in [-0.25, -0.2) is 14.3 Å². The normalized spacial score (nSPS) is 11.4. The van der Waals surface area contributed by atoms with Crippen molar-refractivity contribution in [2.45, 2.75) is 33.3 Å². The van der Waals surface area contributed by atoms with Gasteiger partial charge in [-0.2, -0.15) is 0 Å². The summed E-state index contributed by atoms with van der Waals surface area (Å²) in [6.45, 7) is 6.76. The summed E-state index contributed by atoms with van der Waals surface area (Å²) in [6, 6.07) is 0. The molecule has 0 radical (unpaired) electrons. The van der Waals surface area contributed by atoms with E-state index in [1.807, 2.05) is 0 Å². The smallest absolute Gasteiger partial charge is 0.443 e. The molecule has 0 saturated heterocycles. The maximum Gasteiger partial charge on any atom is 0.508 e. The van der Waals surface area contributed by atoms with Gasteiger partial charge in [-0.05, 0) is 27.7 Å². The molecule has 0 aliphatic rings. The van der Waals surface area contributed by atoms with Crippen LogP contribution in [-0.4, -0.2) is 38.4 Å². The van der Waals surface area contributed by atoms with Crippen LogP contribution in [0.2, 0.25) is 0 Å². The fraction of sp³-hybridized carbons (Fsp3) is 0.556. The SMILES string of the molecule is Cc1ncn(C(=O)OC(C)(C)C)c1B(O)O. The highest BCUT2D eigenvalue weighted by atomic mass is 16.6. The van der Waals surface area contributed by atoms with E-state index in [1.54, 1.807) is 27.7 Å². The second-order valence-corrected chi connectivity index (χ2v) is 4.44. The molecule has 0 spiro atoms. The second kappa shape index (κ2) is 4.27. The third-order valence-electron chi connectivity index (χ3n) is 1.83. The lowest BCUT2D eigenvalue weighted by Gasteiger charge is -2.20. The van der Waals surface area contributed by atoms with Crippen LogP contribution in [0.5, 0.6) is 0 Å². The Morgan fingerprint density at radius 1 is 1.50 bits per heavy atom. The van der Waals surface area contributed by atoms with Crippen LogP contribution in [0.1, 0.15) is 26.5 Å². The molecule has 16 heavy (non-hydrogen) atoms. The molecule has 0 fully saturated rings. The van der Waals surface area contributed by atoms with Gasteiger partial charge in [-0.3, -0.25) is 0 Å². The summed E-state index contributed by atoms with van der Waals surface area (Å²) in [5.41, 5.74) is -0.248. The van der Waals surface area contributed by atoms with E-state index in [0.717, 1.165) is 4.57 Å². The van der Waals surface area contributed by atoms with E-state index < -0.39 is 18.8 Å². The van der Waals surface area contributed by atoms with Crippen LogP contribution >= 0.6 is 0 Å². The second-order valence-electron chi connectivity index (χ2n) is 4.44. The van der Waals surface area contributed by atoms with Crippen LogP contribution in [-0.2, 0) is 4.74 Å². The predicted octanol–water partition coefficient (Wildman–Crippen LogP) is -0.345. The molecule has 1 aromatic heterocycles. The number of carbonyl (C=O) groups is 1. The van der Waals surface area contributed by atoms with E-state index in [1.165, 1.54) is 6.33 Å². The first-order valence-electron chi connectivity index (χ1n) is 4.85. The molecular formula is C9H15BN2O4. The number of aromatic nitrogens is 2. The maximum absolute atomic E-state index is 11.7. The van der Waals surface area contributed by atoms with E-state index in [2.05, 4.69) is 4.98 Å². The van der Waals surface area contributed by atoms with Gasteiger partial charge in [-0.15, -0.1) is 0 Å². The molecule has 0 bridgehead atoms. The fourth-order valence-electron chi connectivity index (χ4n) is 1.21. The highest BCUT2D eigenvalue weighted by molar-refractivity contribution is 6.58. The molecular weight excluding hydrogens is 211 g/mol. The van der Waals surface area contributed by atoms with Crippen molar-refractivity contribution in [3.8, 4) is 0 Å². The molecule has 0 aliphatic carbocycles. The van der Waals surface area contributed by atoms with Crippen molar-refractivity contribution in [2.75, 3.05) is 0 Å². The van der Waals surface area contributed by atoms with E-state index >= 15 is 0 Å². The van der Waals surface area contributed by atoms with Crippen LogP contribution in [0.25, 0.3) is 0 Å². The van der Waals surface area contributed by atoms with Crippen LogP contribution in [0.15, 0.2) is 6.33 Å². The topological polar surface area (TPSA) is 84.6 Å². The lowest BCUT2D eigenvalue weighted by Crippen LogP contribution is -2.42. The molecule has 0 amide bonds. The van der Waals surface area contributed by atoms with Gasteiger partial charge in [0.2, 0.25) is 0 Å². The number of nitrogens with zero attached hydrogens (tertiary/aromatic N) is 2. The third kappa shape index (κ3) is 2.83. The van der Waals surface area contributed by atoms with Crippen molar-refractivity contribution in [1.82, 2.24) is 9.55 Å². The number of carbonyl (C=O) groups excluding carboxylic acids is 1. The average Bonchev–Trinajstić information content (AvgIpc) is 2.43. The van der Waals surface area contributed by atoms with Gasteiger partial charge in [0.25, 0.3) is 0 Å². The number of rotatable bonds is 1. The van der Waals surface area contributed by atoms with E-state index in [4.69, 9.17) is 14.8 Å². The number of hydrogen-bond donors (Lipinski definition) is 2. The Labute approximate surface area is 94.0 Å². The molecule has 0 unspecified atom stereocenters. The Bertz CT molecular complexity index is 395. The fourth-order valence-corrected chi connectivity index (χ4v) is 1.21. The van der Waals surface area contributed by atoms with Gasteiger partial charge in [0.15, 0.2) is 0 Å². The minimum absolute atomic E-state index is 0.0225. The zero-order valence-electron chi connectivity index (χ0n) is 9.76. The van der Waals surface area contributed by atoms with Crippen molar-refractivity contribution in [2.24, 2.45) is 0 Å². The lowest BCUT2D eigenvalue weighted by atomic mass is 9.84. The highest BCUT2D eigenvalue weighted by Gasteiger charge is 2.26. The number of aryl methyl sites for hydroxylation is 1. The number of ether oxygens (including phenoxy) is 1. The number of imidazole rings is 1. The minimum Gasteiger partial charge on any atom is -0.443 e. The summed E-state index contributed by atoms with van der Waals surface area (Å²) < 4.78 is 6.08. The summed E-state index contributed by atoms with van der Waals surface area (Å²) in [7, 11) is -1.75. The van der Waals surface area contributed by atoms with Gasteiger partial charge < -0.3 is 14.8 Å². The van der Waals surface area contributed by atoms with Crippen LogP contribution in [0.3, 0.4) is 0 Å². The molecule has 2 N–H and O–H groups in total. The Morgan fingerprint density at radius 3 is 2.50 bits per heavy atom. The molecule has 1 rings (SSSR count). The summed E-state index contributed by atoms with van der Waals surface area (Å²) in [4.78, 5) is 15.5. The molecule has 1 heterocycles. The minimum atomic E-state index is -1.75. The Hall–Kier alpha value is -1.34. The quantitative estimate of drug-likeness (QED) is 0.639. The largest absolute Gasteiger partial charge is 0.508 e. The first-order chi connectivity index (χ1) is 7.22. The van der Waals surface area contributed by atoms with Crippen molar-refractivity contribution in [3.63, 3.8) is 0 Å². The zero-order valence-corrected chi connectivity index (χ0v) is 9.76. The Morgan fingerprint density at radius 2 is 2.06 bits per heavy atom. The first-order valence-corrected chi connectivity index (χ1v) is 4.85. The highest BCUT2D eigenvalue weighted by Crippen LogP contribution is 2.08. The molecule has 88 valence electrons. The summed E-state index contributed by atoms with van der Waals surface area (Å²) in [5, 5.41) is 18.2. The molecule has 6 nitrogen and oxygen atoms in total. The van der Waals surface area contributed by atoms with Gasteiger partial charge in [0.1, 0.15) is 11.9 Å². The van der Waals surface area contributed by atoms with Crippen LogP contribution < -0.4 is 5.59 Å². The predicted molar refractivity (Wildman–Crippen MR) is 58.4 cm³/mol. The van der Waals surface area contributed by atoms with E-state index in [-0.39, 0.29) is 5.59 Å². The van der Waals surface area contributed by atoms with Crippen molar-refractivity contribution >= 4 is 18.8 Å². The standard InChI is InChI=1S/C9H15BN2O4/c1-6-7(10(14)15)12(5-11-6)8(13)16-9(2,3)4/h5,14-15H,1-4H3. The Kier molecular flexibility index (Phi) is 3.40. The monoisotopic (exact) mass is 226 g/mol. The van der Waals surface area contributed by atoms with Gasteiger partial charge in [-0.1, -0.05) is 0 Å². The summed E-state index contributed by atoms with van der Waals surface area (Å²) in [6.07, 6.45) is 0.522. The van der Waals surface area contributed by atoms with Crippen LogP contribution in [0, 0.1) is 6.92 Å². The van der Waals surface area contributed by atoms with Crippen molar-refractivity contribution in [3.05, 3.63) is 12.0 Å². The van der Waals surface area contributed by atoms with Gasteiger partial charge >= 0.3 is 13.2 Å². The average molecular weight is 226 g/mol. The first kappa shape index (κ1) is 12.7. The summed E-state index contributed by atoms with van der Waals surface area (Å²) in [5.74, 6) is 0. The third-order valence-corrected chi connectivity index (χ3v) is 1.83. The van der Waals surface area contributed by atoms with Crippen molar-refractivity contribution in [1.29, 1.82) is 0 Å². The lowest BCUT2D eigenvalue weighted by molar-refractivity contribution is 0.0540. The van der Waals surface area contributed by atoms with E-state index in [0.29, 0.717) is 5.69 Å². The maximum atomic E-state index is 11.7. The Balaban J connectivity index is 3.01. The molecule has 0 saturated carbocycles. The van der Waals surface area contributed by atoms with Crippen LogP contribution in [0.4, 0.5) is 4.79 Å².